The summed E-state index contributed by atoms with van der Waals surface area (Å²) in [4.78, 5) is 17.4. The van der Waals surface area contributed by atoms with E-state index in [1.165, 1.54) is 5.56 Å². The van der Waals surface area contributed by atoms with Gasteiger partial charge in [0.25, 0.3) is 0 Å². The highest BCUT2D eigenvalue weighted by Crippen LogP contribution is 2.34. The minimum absolute atomic E-state index is 0.330. The molecule has 0 bridgehead atoms. The largest absolute Gasteiger partial charge is 0.463 e. The second kappa shape index (κ2) is 9.24. The van der Waals surface area contributed by atoms with Crippen molar-refractivity contribution in [1.82, 2.24) is 5.32 Å². The topological polar surface area (TPSA) is 50.7 Å². The number of rotatable bonds is 5. The molecule has 3 rings (SSSR count). The third kappa shape index (κ3) is 5.02. The molecule has 1 N–H and O–H groups in total. The van der Waals surface area contributed by atoms with Gasteiger partial charge in [0.2, 0.25) is 0 Å². The highest BCUT2D eigenvalue weighted by Gasteiger charge is 2.30. The Balaban J connectivity index is 1.89. The highest BCUT2D eigenvalue weighted by molar-refractivity contribution is 9.10. The van der Waals surface area contributed by atoms with Gasteiger partial charge in [-0.1, -0.05) is 70.2 Å². The Morgan fingerprint density at radius 3 is 2.70 bits per heavy atom. The summed E-state index contributed by atoms with van der Waals surface area (Å²) in [5.41, 5.74) is 3.51. The van der Waals surface area contributed by atoms with Crippen LogP contribution in [0.2, 0.25) is 0 Å². The predicted molar refractivity (Wildman–Crippen MR) is 115 cm³/mol. The van der Waals surface area contributed by atoms with Crippen LogP contribution in [-0.2, 0) is 15.3 Å². The van der Waals surface area contributed by atoms with E-state index >= 15 is 0 Å². The predicted octanol–water partition coefficient (Wildman–Crippen LogP) is 5.22. The zero-order chi connectivity index (χ0) is 19.2. The fraction of sp³-hybridized carbons (Fsp3) is 0.238. The van der Waals surface area contributed by atoms with Crippen LogP contribution in [0.3, 0.4) is 0 Å². The molecule has 0 aromatic heterocycles. The zero-order valence-electron chi connectivity index (χ0n) is 15.2. The second-order valence-electron chi connectivity index (χ2n) is 6.05. The summed E-state index contributed by atoms with van der Waals surface area (Å²) in [7, 11) is 0. The van der Waals surface area contributed by atoms with E-state index in [2.05, 4.69) is 33.4 Å². The second-order valence-corrected chi connectivity index (χ2v) is 7.93. The van der Waals surface area contributed by atoms with E-state index in [-0.39, 0.29) is 12.0 Å². The number of amidine groups is 1. The normalized spacial score (nSPS) is 16.6. The Hall–Kier alpha value is -2.05. The molecule has 1 heterocycles. The lowest BCUT2D eigenvalue weighted by Crippen LogP contribution is -2.30. The summed E-state index contributed by atoms with van der Waals surface area (Å²) in [5.74, 6) is 0.475. The highest BCUT2D eigenvalue weighted by atomic mass is 79.9. The van der Waals surface area contributed by atoms with Gasteiger partial charge in [0, 0.05) is 15.9 Å². The monoisotopic (exact) mass is 444 g/mol. The van der Waals surface area contributed by atoms with Crippen molar-refractivity contribution >= 4 is 38.8 Å². The van der Waals surface area contributed by atoms with Gasteiger partial charge in [0.1, 0.15) is 6.04 Å². The van der Waals surface area contributed by atoms with E-state index in [0.717, 1.165) is 26.7 Å². The van der Waals surface area contributed by atoms with Crippen molar-refractivity contribution in [3.8, 4) is 0 Å². The van der Waals surface area contributed by atoms with E-state index in [1.807, 2.05) is 56.3 Å². The first-order valence-corrected chi connectivity index (χ1v) is 10.5. The quantitative estimate of drug-likeness (QED) is 0.642. The summed E-state index contributed by atoms with van der Waals surface area (Å²) in [6.07, 6.45) is 0. The fourth-order valence-electron chi connectivity index (χ4n) is 2.84. The number of nitrogens with one attached hydrogen (secondary N) is 1. The number of thioether (sulfide) groups is 1. The van der Waals surface area contributed by atoms with Gasteiger partial charge in [-0.15, -0.1) is 0 Å². The molecule has 0 radical (unpaired) electrons. The lowest BCUT2D eigenvalue weighted by atomic mass is 9.97. The van der Waals surface area contributed by atoms with Crippen LogP contribution in [0.5, 0.6) is 0 Å². The van der Waals surface area contributed by atoms with Crippen molar-refractivity contribution in [2.45, 2.75) is 25.6 Å². The van der Waals surface area contributed by atoms with Crippen molar-refractivity contribution in [3.05, 3.63) is 81.5 Å². The van der Waals surface area contributed by atoms with Gasteiger partial charge in [-0.2, -0.15) is 0 Å². The van der Waals surface area contributed by atoms with Crippen LogP contribution in [0.15, 0.2) is 75.3 Å². The molecule has 27 heavy (non-hydrogen) atoms. The number of esters is 1. The molecule has 0 saturated heterocycles. The Kier molecular flexibility index (Phi) is 6.74. The molecule has 2 aromatic carbocycles. The first kappa shape index (κ1) is 19.7. The molecule has 1 atom stereocenters. The first-order valence-electron chi connectivity index (χ1n) is 8.73. The van der Waals surface area contributed by atoms with Gasteiger partial charge in [-0.25, -0.2) is 9.79 Å². The minimum atomic E-state index is -0.388. The van der Waals surface area contributed by atoms with Crippen molar-refractivity contribution in [2.75, 3.05) is 6.61 Å². The number of carbonyl (C=O) groups is 1. The first-order chi connectivity index (χ1) is 13.1. The summed E-state index contributed by atoms with van der Waals surface area (Å²) in [5, 5.41) is 4.07. The lowest BCUT2D eigenvalue weighted by Gasteiger charge is -2.26. The Morgan fingerprint density at radius 1 is 1.22 bits per heavy atom. The molecular formula is C21H21BrN2O2S. The number of benzene rings is 2. The molecule has 0 saturated carbocycles. The van der Waals surface area contributed by atoms with E-state index in [9.17, 15) is 4.79 Å². The molecule has 0 aliphatic carbocycles. The number of nitrogens with zero attached hydrogens (tertiary/aromatic N) is 1. The molecule has 0 fully saturated rings. The third-order valence-electron chi connectivity index (χ3n) is 4.10. The van der Waals surface area contributed by atoms with E-state index < -0.39 is 0 Å². The van der Waals surface area contributed by atoms with Gasteiger partial charge >= 0.3 is 5.97 Å². The molecule has 0 unspecified atom stereocenters. The van der Waals surface area contributed by atoms with Gasteiger partial charge in [-0.05, 0) is 37.1 Å². The maximum atomic E-state index is 12.6. The van der Waals surface area contributed by atoms with Crippen LogP contribution in [0.1, 0.15) is 31.0 Å². The molecule has 1 aliphatic heterocycles. The standard InChI is InChI=1S/C21H21BrN2O2S/c1-3-26-20(25)18-14(2)23-21(27-13-15-8-5-4-6-9-15)24-19(18)16-10-7-11-17(22)12-16/h4-12,19H,3,13H2,1-2H3,(H,23,24)/t19-/m0/s1. The Bertz CT molecular complexity index is 881. The summed E-state index contributed by atoms with van der Waals surface area (Å²) in [6, 6.07) is 17.7. The number of hydrogen-bond donors (Lipinski definition) is 1. The Labute approximate surface area is 172 Å². The maximum Gasteiger partial charge on any atom is 0.338 e. The van der Waals surface area contributed by atoms with Crippen LogP contribution in [-0.4, -0.2) is 17.7 Å². The molecule has 6 heteroatoms. The molecule has 140 valence electrons. The third-order valence-corrected chi connectivity index (χ3v) is 5.55. The van der Waals surface area contributed by atoms with Gasteiger partial charge in [0.05, 0.1) is 12.2 Å². The minimum Gasteiger partial charge on any atom is -0.463 e. The van der Waals surface area contributed by atoms with Crippen molar-refractivity contribution < 1.29 is 9.53 Å². The Morgan fingerprint density at radius 2 is 2.00 bits per heavy atom. The van der Waals surface area contributed by atoms with E-state index in [4.69, 9.17) is 9.73 Å². The molecule has 4 nitrogen and oxygen atoms in total. The van der Waals surface area contributed by atoms with Crippen LogP contribution >= 0.6 is 27.7 Å². The van der Waals surface area contributed by atoms with Crippen LogP contribution < -0.4 is 5.32 Å². The average Bonchev–Trinajstić information content (AvgIpc) is 2.67. The SMILES string of the molecule is CCOC(=O)C1=C(C)NC(SCc2ccccc2)=N[C@H]1c1cccc(Br)c1. The molecule has 0 amide bonds. The summed E-state index contributed by atoms with van der Waals surface area (Å²) in [6.45, 7) is 4.04. The molecule has 1 aliphatic rings. The number of hydrogen-bond acceptors (Lipinski definition) is 5. The number of halogens is 1. The molecule has 0 spiro atoms. The average molecular weight is 445 g/mol. The van der Waals surface area contributed by atoms with Crippen molar-refractivity contribution in [3.63, 3.8) is 0 Å². The lowest BCUT2D eigenvalue weighted by molar-refractivity contribution is -0.138. The van der Waals surface area contributed by atoms with Crippen LogP contribution in [0, 0.1) is 0 Å². The van der Waals surface area contributed by atoms with Gasteiger partial charge in [-0.3, -0.25) is 0 Å². The molecule has 2 aromatic rings. The molecular weight excluding hydrogens is 424 g/mol. The maximum absolute atomic E-state index is 12.6. The number of ether oxygens (including phenoxy) is 1. The van der Waals surface area contributed by atoms with Crippen molar-refractivity contribution in [2.24, 2.45) is 4.99 Å². The van der Waals surface area contributed by atoms with Crippen LogP contribution in [0.25, 0.3) is 0 Å². The van der Waals surface area contributed by atoms with E-state index in [1.54, 1.807) is 11.8 Å². The van der Waals surface area contributed by atoms with Gasteiger partial charge in [0.15, 0.2) is 5.17 Å². The zero-order valence-corrected chi connectivity index (χ0v) is 17.6. The van der Waals surface area contributed by atoms with Gasteiger partial charge < -0.3 is 10.1 Å². The van der Waals surface area contributed by atoms with Crippen LogP contribution in [0.4, 0.5) is 0 Å². The smallest absolute Gasteiger partial charge is 0.338 e. The summed E-state index contributed by atoms with van der Waals surface area (Å²) >= 11 is 5.13. The van der Waals surface area contributed by atoms with Crippen molar-refractivity contribution in [1.29, 1.82) is 0 Å². The number of allylic oxidation sites excluding steroid dienone is 1. The number of carbonyl (C=O) groups excluding carboxylic acids is 1. The number of aliphatic imine (C=N–C) groups is 1. The fourth-order valence-corrected chi connectivity index (χ4v) is 4.16. The van der Waals surface area contributed by atoms with E-state index in [0.29, 0.717) is 12.2 Å². The summed E-state index contributed by atoms with van der Waals surface area (Å²) < 4.78 is 6.23.